The molecule has 0 saturated heterocycles. The molecule has 3 aromatic rings. The topological polar surface area (TPSA) is 81.9 Å². The minimum atomic E-state index is -0.192. The molecule has 25 heavy (non-hydrogen) atoms. The van der Waals surface area contributed by atoms with E-state index in [2.05, 4.69) is 20.4 Å². The van der Waals surface area contributed by atoms with Crippen LogP contribution in [0.5, 0.6) is 5.88 Å². The lowest BCUT2D eigenvalue weighted by atomic mass is 9.87. The van der Waals surface area contributed by atoms with Gasteiger partial charge in [0.1, 0.15) is 5.82 Å². The van der Waals surface area contributed by atoms with E-state index in [-0.39, 0.29) is 11.8 Å². The summed E-state index contributed by atoms with van der Waals surface area (Å²) in [5.74, 6) is 0.979. The summed E-state index contributed by atoms with van der Waals surface area (Å²) in [7, 11) is 3.40. The number of carbonyl (C=O) groups excluding carboxylic acids is 1. The van der Waals surface area contributed by atoms with Crippen LogP contribution in [0.2, 0.25) is 0 Å². The fourth-order valence-corrected chi connectivity index (χ4v) is 3.20. The zero-order valence-corrected chi connectivity index (χ0v) is 13.9. The van der Waals surface area contributed by atoms with Crippen LogP contribution in [0.3, 0.4) is 0 Å². The number of carbonyl (C=O) groups is 1. The molecular weight excluding hydrogens is 318 g/mol. The van der Waals surface area contributed by atoms with Gasteiger partial charge in [0.05, 0.1) is 18.5 Å². The predicted molar refractivity (Wildman–Crippen MR) is 92.3 cm³/mol. The summed E-state index contributed by atoms with van der Waals surface area (Å²) in [6.45, 7) is 0. The Morgan fingerprint density at radius 2 is 2.16 bits per heavy atom. The average molecular weight is 335 g/mol. The number of aromatic nitrogens is 4. The van der Waals surface area contributed by atoms with E-state index in [4.69, 9.17) is 4.74 Å². The molecule has 7 nitrogen and oxygen atoms in total. The van der Waals surface area contributed by atoms with Crippen LogP contribution in [-0.2, 0) is 11.8 Å². The van der Waals surface area contributed by atoms with Gasteiger partial charge in [0.15, 0.2) is 0 Å². The van der Waals surface area contributed by atoms with Crippen molar-refractivity contribution in [2.45, 2.75) is 12.3 Å². The lowest BCUT2D eigenvalue weighted by Gasteiger charge is -2.23. The number of anilines is 1. The van der Waals surface area contributed by atoms with Gasteiger partial charge in [-0.25, -0.2) is 4.98 Å². The van der Waals surface area contributed by atoms with E-state index in [1.165, 1.54) is 0 Å². The Balaban J connectivity index is 1.91. The number of nitrogens with zero attached hydrogens (tertiary/aromatic N) is 4. The smallest absolute Gasteiger partial charge is 0.226 e. The van der Waals surface area contributed by atoms with Crippen molar-refractivity contribution >= 4 is 11.7 Å². The Morgan fingerprint density at radius 1 is 1.28 bits per heavy atom. The molecule has 3 aromatic heterocycles. The summed E-state index contributed by atoms with van der Waals surface area (Å²) in [6.07, 6.45) is 3.81. The molecule has 1 aliphatic heterocycles. The molecule has 4 rings (SSSR count). The predicted octanol–water partition coefficient (Wildman–Crippen LogP) is 2.36. The van der Waals surface area contributed by atoms with Crippen LogP contribution in [0, 0.1) is 0 Å². The summed E-state index contributed by atoms with van der Waals surface area (Å²) >= 11 is 0. The van der Waals surface area contributed by atoms with Gasteiger partial charge >= 0.3 is 0 Å². The van der Waals surface area contributed by atoms with E-state index in [1.807, 2.05) is 31.3 Å². The first-order chi connectivity index (χ1) is 12.2. The van der Waals surface area contributed by atoms with Crippen molar-refractivity contribution in [1.82, 2.24) is 19.7 Å². The number of aryl methyl sites for hydroxylation is 1. The van der Waals surface area contributed by atoms with Crippen molar-refractivity contribution < 1.29 is 9.53 Å². The molecule has 1 unspecified atom stereocenters. The fraction of sp³-hybridized carbons (Fsp3) is 0.222. The average Bonchev–Trinajstić information content (AvgIpc) is 2.98. The lowest BCUT2D eigenvalue weighted by Crippen LogP contribution is -2.25. The maximum absolute atomic E-state index is 12.2. The largest absolute Gasteiger partial charge is 0.481 e. The lowest BCUT2D eigenvalue weighted by molar-refractivity contribution is -0.116. The number of ether oxygens (including phenoxy) is 1. The van der Waals surface area contributed by atoms with Gasteiger partial charge in [-0.1, -0.05) is 6.07 Å². The van der Waals surface area contributed by atoms with Crippen LogP contribution < -0.4 is 10.1 Å². The van der Waals surface area contributed by atoms with E-state index >= 15 is 0 Å². The zero-order valence-electron chi connectivity index (χ0n) is 13.9. The Hall–Kier alpha value is -3.22. The van der Waals surface area contributed by atoms with E-state index in [1.54, 1.807) is 30.3 Å². The Bertz CT molecular complexity index is 936. The molecule has 0 saturated carbocycles. The van der Waals surface area contributed by atoms with Gasteiger partial charge in [0, 0.05) is 49.0 Å². The number of amides is 1. The third-order valence-corrected chi connectivity index (χ3v) is 4.33. The van der Waals surface area contributed by atoms with Crippen molar-refractivity contribution in [3.8, 4) is 17.1 Å². The van der Waals surface area contributed by atoms with E-state index in [0.29, 0.717) is 18.1 Å². The van der Waals surface area contributed by atoms with Crippen LogP contribution in [0.25, 0.3) is 11.3 Å². The van der Waals surface area contributed by atoms with E-state index < -0.39 is 0 Å². The van der Waals surface area contributed by atoms with Crippen molar-refractivity contribution in [2.75, 3.05) is 12.4 Å². The SMILES string of the molecule is COc1cccc(C2CC(=O)Nc3c2c(-c2cccnc2)nn3C)n1. The molecule has 0 spiro atoms. The number of fused-ring (bicyclic) bond motifs is 1. The van der Waals surface area contributed by atoms with Crippen LogP contribution in [0.15, 0.2) is 42.7 Å². The van der Waals surface area contributed by atoms with Crippen LogP contribution >= 0.6 is 0 Å². The van der Waals surface area contributed by atoms with Crippen LogP contribution in [-0.4, -0.2) is 32.8 Å². The molecule has 1 amide bonds. The molecule has 4 heterocycles. The maximum Gasteiger partial charge on any atom is 0.226 e. The van der Waals surface area contributed by atoms with Crippen molar-refractivity contribution in [3.63, 3.8) is 0 Å². The molecule has 1 N–H and O–H groups in total. The number of hydrogen-bond acceptors (Lipinski definition) is 5. The quantitative estimate of drug-likeness (QED) is 0.794. The summed E-state index contributed by atoms with van der Waals surface area (Å²) in [4.78, 5) is 21.0. The number of pyridine rings is 2. The summed E-state index contributed by atoms with van der Waals surface area (Å²) < 4.78 is 6.93. The molecule has 1 atom stereocenters. The minimum Gasteiger partial charge on any atom is -0.481 e. The van der Waals surface area contributed by atoms with Gasteiger partial charge in [0.2, 0.25) is 11.8 Å². The molecule has 0 aromatic carbocycles. The molecule has 7 heteroatoms. The van der Waals surface area contributed by atoms with Gasteiger partial charge in [0.25, 0.3) is 0 Å². The molecular formula is C18H17N5O2. The van der Waals surface area contributed by atoms with Crippen molar-refractivity contribution in [3.05, 3.63) is 54.0 Å². The summed E-state index contributed by atoms with van der Waals surface area (Å²) in [6, 6.07) is 9.42. The molecule has 1 aliphatic rings. The second-order valence-corrected chi connectivity index (χ2v) is 5.89. The third kappa shape index (κ3) is 2.63. The van der Waals surface area contributed by atoms with Crippen molar-refractivity contribution in [2.24, 2.45) is 7.05 Å². The fourth-order valence-electron chi connectivity index (χ4n) is 3.20. The zero-order chi connectivity index (χ0) is 17.4. The Kier molecular flexibility index (Phi) is 3.68. The second kappa shape index (κ2) is 6.01. The first-order valence-corrected chi connectivity index (χ1v) is 7.95. The highest BCUT2D eigenvalue weighted by Crippen LogP contribution is 2.42. The van der Waals surface area contributed by atoms with Crippen molar-refractivity contribution in [1.29, 1.82) is 0 Å². The molecule has 126 valence electrons. The summed E-state index contributed by atoms with van der Waals surface area (Å²) in [5, 5.41) is 7.55. The van der Waals surface area contributed by atoms with Crippen LogP contribution in [0.1, 0.15) is 23.6 Å². The highest BCUT2D eigenvalue weighted by atomic mass is 16.5. The standard InChI is InChI=1S/C18H17N5O2/c1-23-18-16(17(22-23)11-5-4-8-19-10-11)12(9-14(24)21-18)13-6-3-7-15(20-13)25-2/h3-8,10,12H,9H2,1-2H3,(H,21,24). The Labute approximate surface area is 144 Å². The normalized spacial score (nSPS) is 16.2. The molecule has 0 bridgehead atoms. The third-order valence-electron chi connectivity index (χ3n) is 4.33. The van der Waals surface area contributed by atoms with Gasteiger partial charge in [-0.2, -0.15) is 5.10 Å². The highest BCUT2D eigenvalue weighted by Gasteiger charge is 2.34. The van der Waals surface area contributed by atoms with Gasteiger partial charge in [-0.15, -0.1) is 0 Å². The molecule has 0 radical (unpaired) electrons. The molecule has 0 fully saturated rings. The molecule has 0 aliphatic carbocycles. The number of rotatable bonds is 3. The van der Waals surface area contributed by atoms with Gasteiger partial charge in [-0.05, 0) is 18.2 Å². The minimum absolute atomic E-state index is 0.0529. The Morgan fingerprint density at radius 3 is 2.92 bits per heavy atom. The highest BCUT2D eigenvalue weighted by molar-refractivity contribution is 5.96. The monoisotopic (exact) mass is 335 g/mol. The number of nitrogens with one attached hydrogen (secondary N) is 1. The first kappa shape index (κ1) is 15.3. The summed E-state index contributed by atoms with van der Waals surface area (Å²) in [5.41, 5.74) is 3.45. The maximum atomic E-state index is 12.2. The van der Waals surface area contributed by atoms with Gasteiger partial charge < -0.3 is 10.1 Å². The van der Waals surface area contributed by atoms with Gasteiger partial charge in [-0.3, -0.25) is 14.5 Å². The second-order valence-electron chi connectivity index (χ2n) is 5.89. The van der Waals surface area contributed by atoms with Crippen LogP contribution in [0.4, 0.5) is 5.82 Å². The number of methoxy groups -OCH3 is 1. The number of hydrogen-bond donors (Lipinski definition) is 1. The first-order valence-electron chi connectivity index (χ1n) is 7.95. The van der Waals surface area contributed by atoms with E-state index in [0.717, 1.165) is 22.5 Å². The van der Waals surface area contributed by atoms with E-state index in [9.17, 15) is 4.79 Å².